The van der Waals surface area contributed by atoms with Gasteiger partial charge in [-0.15, -0.1) is 0 Å². The summed E-state index contributed by atoms with van der Waals surface area (Å²) in [6.45, 7) is 0.309. The standard InChI is InChI=1S/C23H17FN4O3/c24-18-12-10-17(11-13-18)22-14-19(23(29)25-15-16-6-2-1-3-7-16)26-27(22)20-8-4-5-9-21(20)28(30)31/h1-14H,15H2,(H,25,29). The third kappa shape index (κ3) is 4.32. The summed E-state index contributed by atoms with van der Waals surface area (Å²) in [6.07, 6.45) is 0. The molecular weight excluding hydrogens is 399 g/mol. The molecule has 1 amide bonds. The topological polar surface area (TPSA) is 90.1 Å². The van der Waals surface area contributed by atoms with Crippen molar-refractivity contribution in [1.82, 2.24) is 15.1 Å². The zero-order valence-corrected chi connectivity index (χ0v) is 16.2. The van der Waals surface area contributed by atoms with Crippen molar-refractivity contribution in [2.24, 2.45) is 0 Å². The molecule has 0 fully saturated rings. The van der Waals surface area contributed by atoms with Crippen LogP contribution in [-0.4, -0.2) is 20.6 Å². The van der Waals surface area contributed by atoms with Crippen molar-refractivity contribution in [3.8, 4) is 16.9 Å². The first-order valence-corrected chi connectivity index (χ1v) is 9.45. The minimum absolute atomic E-state index is 0.0911. The molecule has 4 aromatic rings. The highest BCUT2D eigenvalue weighted by Gasteiger charge is 2.22. The molecule has 0 atom stereocenters. The van der Waals surface area contributed by atoms with Crippen LogP contribution in [0.4, 0.5) is 10.1 Å². The number of amides is 1. The van der Waals surface area contributed by atoms with E-state index in [0.717, 1.165) is 5.56 Å². The largest absolute Gasteiger partial charge is 0.347 e. The Kier molecular flexibility index (Phi) is 5.53. The normalized spacial score (nSPS) is 10.6. The number of nitrogens with zero attached hydrogens (tertiary/aromatic N) is 3. The molecule has 154 valence electrons. The number of halogens is 1. The van der Waals surface area contributed by atoms with Crippen molar-refractivity contribution in [2.45, 2.75) is 6.54 Å². The van der Waals surface area contributed by atoms with Crippen LogP contribution in [0.1, 0.15) is 16.1 Å². The van der Waals surface area contributed by atoms with Gasteiger partial charge in [0.1, 0.15) is 11.5 Å². The molecule has 0 radical (unpaired) electrons. The maximum absolute atomic E-state index is 13.4. The predicted octanol–water partition coefficient (Wildman–Crippen LogP) is 4.52. The molecular formula is C23H17FN4O3. The van der Waals surface area contributed by atoms with Crippen LogP contribution in [0.5, 0.6) is 0 Å². The van der Waals surface area contributed by atoms with Crippen molar-refractivity contribution in [3.05, 3.63) is 112 Å². The molecule has 4 rings (SSSR count). The second kappa shape index (κ2) is 8.58. The van der Waals surface area contributed by atoms with E-state index >= 15 is 0 Å². The van der Waals surface area contributed by atoms with Crippen LogP contribution < -0.4 is 5.32 Å². The zero-order valence-electron chi connectivity index (χ0n) is 16.2. The smallest absolute Gasteiger partial charge is 0.294 e. The third-order valence-electron chi connectivity index (χ3n) is 4.68. The first-order chi connectivity index (χ1) is 15.0. The first-order valence-electron chi connectivity index (χ1n) is 9.45. The third-order valence-corrected chi connectivity index (χ3v) is 4.68. The minimum Gasteiger partial charge on any atom is -0.347 e. The van der Waals surface area contributed by atoms with Crippen LogP contribution in [0.2, 0.25) is 0 Å². The summed E-state index contributed by atoms with van der Waals surface area (Å²) >= 11 is 0. The molecule has 31 heavy (non-hydrogen) atoms. The van der Waals surface area contributed by atoms with E-state index in [1.807, 2.05) is 30.3 Å². The van der Waals surface area contributed by atoms with Crippen LogP contribution in [-0.2, 0) is 6.54 Å². The predicted molar refractivity (Wildman–Crippen MR) is 113 cm³/mol. The van der Waals surface area contributed by atoms with Gasteiger partial charge >= 0.3 is 0 Å². The van der Waals surface area contributed by atoms with E-state index < -0.39 is 16.6 Å². The molecule has 0 spiro atoms. The van der Waals surface area contributed by atoms with Crippen molar-refractivity contribution in [1.29, 1.82) is 0 Å². The fraction of sp³-hybridized carbons (Fsp3) is 0.0435. The van der Waals surface area contributed by atoms with Gasteiger partial charge in [-0.3, -0.25) is 14.9 Å². The monoisotopic (exact) mass is 416 g/mol. The molecule has 0 aliphatic rings. The second-order valence-electron chi connectivity index (χ2n) is 6.75. The van der Waals surface area contributed by atoms with Crippen LogP contribution in [0.15, 0.2) is 84.9 Å². The molecule has 1 aromatic heterocycles. The van der Waals surface area contributed by atoms with Gasteiger partial charge in [0.2, 0.25) is 0 Å². The number of hydrogen-bond donors (Lipinski definition) is 1. The first kappa shape index (κ1) is 20.0. The lowest BCUT2D eigenvalue weighted by Crippen LogP contribution is -2.23. The van der Waals surface area contributed by atoms with E-state index in [1.54, 1.807) is 18.2 Å². The quantitative estimate of drug-likeness (QED) is 0.370. The number of benzene rings is 3. The number of nitrogens with one attached hydrogen (secondary N) is 1. The van der Waals surface area contributed by atoms with Gasteiger partial charge in [0, 0.05) is 18.2 Å². The Labute approximate surface area is 176 Å². The molecule has 0 aliphatic carbocycles. The molecule has 0 unspecified atom stereocenters. The van der Waals surface area contributed by atoms with Gasteiger partial charge in [-0.05, 0) is 42.0 Å². The lowest BCUT2D eigenvalue weighted by molar-refractivity contribution is -0.384. The Morgan fingerprint density at radius 3 is 2.39 bits per heavy atom. The maximum atomic E-state index is 13.4. The van der Waals surface area contributed by atoms with Crippen molar-refractivity contribution in [3.63, 3.8) is 0 Å². The van der Waals surface area contributed by atoms with Gasteiger partial charge in [-0.1, -0.05) is 42.5 Å². The SMILES string of the molecule is O=C(NCc1ccccc1)c1cc(-c2ccc(F)cc2)n(-c2ccccc2[N+](=O)[O-])n1. The van der Waals surface area contributed by atoms with Crippen LogP contribution in [0, 0.1) is 15.9 Å². The molecule has 0 saturated carbocycles. The highest BCUT2D eigenvalue weighted by Crippen LogP contribution is 2.29. The van der Waals surface area contributed by atoms with Gasteiger partial charge in [0.15, 0.2) is 5.69 Å². The molecule has 0 aliphatic heterocycles. The van der Waals surface area contributed by atoms with Gasteiger partial charge in [0.25, 0.3) is 11.6 Å². The fourth-order valence-electron chi connectivity index (χ4n) is 3.17. The highest BCUT2D eigenvalue weighted by molar-refractivity contribution is 5.93. The summed E-state index contributed by atoms with van der Waals surface area (Å²) in [5.74, 6) is -0.842. The fourth-order valence-corrected chi connectivity index (χ4v) is 3.17. The summed E-state index contributed by atoms with van der Waals surface area (Å²) < 4.78 is 14.8. The Morgan fingerprint density at radius 2 is 1.68 bits per heavy atom. The Bertz CT molecular complexity index is 1240. The van der Waals surface area contributed by atoms with Crippen molar-refractivity contribution < 1.29 is 14.1 Å². The van der Waals surface area contributed by atoms with Crippen LogP contribution in [0.3, 0.4) is 0 Å². The number of hydrogen-bond acceptors (Lipinski definition) is 4. The molecule has 1 N–H and O–H groups in total. The number of para-hydroxylation sites is 2. The van der Waals surface area contributed by atoms with E-state index in [2.05, 4.69) is 10.4 Å². The van der Waals surface area contributed by atoms with Crippen molar-refractivity contribution >= 4 is 11.6 Å². The zero-order chi connectivity index (χ0) is 21.8. The Balaban J connectivity index is 1.75. The van der Waals surface area contributed by atoms with E-state index in [1.165, 1.54) is 41.1 Å². The molecule has 1 heterocycles. The van der Waals surface area contributed by atoms with E-state index in [0.29, 0.717) is 17.8 Å². The van der Waals surface area contributed by atoms with E-state index in [9.17, 15) is 19.3 Å². The van der Waals surface area contributed by atoms with Gasteiger partial charge < -0.3 is 5.32 Å². The molecule has 8 heteroatoms. The lowest BCUT2D eigenvalue weighted by Gasteiger charge is -2.08. The second-order valence-corrected chi connectivity index (χ2v) is 6.75. The number of nitro benzene ring substituents is 1. The minimum atomic E-state index is -0.513. The van der Waals surface area contributed by atoms with Gasteiger partial charge in [-0.25, -0.2) is 9.07 Å². The average Bonchev–Trinajstić information content (AvgIpc) is 3.24. The highest BCUT2D eigenvalue weighted by atomic mass is 19.1. The molecule has 3 aromatic carbocycles. The Hall–Kier alpha value is -4.33. The number of carbonyl (C=O) groups is 1. The molecule has 7 nitrogen and oxygen atoms in total. The average molecular weight is 416 g/mol. The van der Waals surface area contributed by atoms with Gasteiger partial charge in [-0.2, -0.15) is 5.10 Å². The van der Waals surface area contributed by atoms with E-state index in [4.69, 9.17) is 0 Å². The van der Waals surface area contributed by atoms with Crippen molar-refractivity contribution in [2.75, 3.05) is 0 Å². The number of nitro groups is 1. The number of aromatic nitrogens is 2. The Morgan fingerprint density at radius 1 is 1.00 bits per heavy atom. The molecule has 0 bridgehead atoms. The van der Waals surface area contributed by atoms with Crippen LogP contribution >= 0.6 is 0 Å². The molecule has 0 saturated heterocycles. The maximum Gasteiger partial charge on any atom is 0.294 e. The van der Waals surface area contributed by atoms with Gasteiger partial charge in [0.05, 0.1) is 10.6 Å². The van der Waals surface area contributed by atoms with Crippen LogP contribution in [0.25, 0.3) is 16.9 Å². The summed E-state index contributed by atoms with van der Waals surface area (Å²) in [5.41, 5.74) is 2.05. The number of carbonyl (C=O) groups excluding carboxylic acids is 1. The van der Waals surface area contributed by atoms with E-state index in [-0.39, 0.29) is 17.1 Å². The lowest BCUT2D eigenvalue weighted by atomic mass is 10.1. The number of rotatable bonds is 6. The summed E-state index contributed by atoms with van der Waals surface area (Å²) in [5, 5.41) is 18.7. The summed E-state index contributed by atoms with van der Waals surface area (Å²) in [7, 11) is 0. The summed E-state index contributed by atoms with van der Waals surface area (Å²) in [4.78, 5) is 23.7. The summed E-state index contributed by atoms with van der Waals surface area (Å²) in [6, 6.07) is 22.7.